The summed E-state index contributed by atoms with van der Waals surface area (Å²) in [5.74, 6) is 0. The van der Waals surface area contributed by atoms with Crippen molar-refractivity contribution >= 4 is 17.3 Å². The van der Waals surface area contributed by atoms with E-state index in [1.165, 1.54) is 0 Å². The maximum Gasteiger partial charge on any atom is 0.234 e. The van der Waals surface area contributed by atoms with Crippen LogP contribution in [0.4, 0.5) is 0 Å². The van der Waals surface area contributed by atoms with Gasteiger partial charge in [-0.15, -0.1) is 0 Å². The van der Waals surface area contributed by atoms with Crippen molar-refractivity contribution in [2.45, 2.75) is 0 Å². The lowest BCUT2D eigenvalue weighted by molar-refractivity contribution is 0.563. The molecule has 0 saturated carbocycles. The van der Waals surface area contributed by atoms with Crippen molar-refractivity contribution in [2.24, 2.45) is 0 Å². The molecule has 53 valence electrons. The number of hydrogen-bond acceptors (Lipinski definition) is 3. The van der Waals surface area contributed by atoms with Crippen molar-refractivity contribution in [2.75, 3.05) is 0 Å². The van der Waals surface area contributed by atoms with Gasteiger partial charge in [-0.2, -0.15) is 5.10 Å². The molecular weight excluding hydrogens is 142 g/mol. The molecule has 0 saturated heterocycles. The second-order valence-corrected chi connectivity index (χ2v) is 2.09. The van der Waals surface area contributed by atoms with Gasteiger partial charge < -0.3 is 0 Å². The fraction of sp³-hybridized carbons (Fsp3) is 0. The van der Waals surface area contributed by atoms with Crippen molar-refractivity contribution in [3.8, 4) is 0 Å². The average molecular weight is 146 g/mol. The van der Waals surface area contributed by atoms with Crippen LogP contribution in [0.5, 0.6) is 0 Å². The van der Waals surface area contributed by atoms with Gasteiger partial charge in [0.15, 0.2) is 5.65 Å². The van der Waals surface area contributed by atoms with Gasteiger partial charge in [-0.3, -0.25) is 9.89 Å². The van der Waals surface area contributed by atoms with Crippen LogP contribution in [0.15, 0.2) is 18.5 Å². The number of aromatic amines is 1. The van der Waals surface area contributed by atoms with Crippen LogP contribution in [0, 0.1) is 0 Å². The van der Waals surface area contributed by atoms with Crippen molar-refractivity contribution in [3.63, 3.8) is 0 Å². The van der Waals surface area contributed by atoms with E-state index in [9.17, 15) is 4.79 Å². The van der Waals surface area contributed by atoms with Crippen molar-refractivity contribution in [1.82, 2.24) is 15.2 Å². The lowest BCUT2D eigenvalue weighted by Crippen LogP contribution is -1.82. The number of hydrogen-bond donors (Lipinski definition) is 1. The van der Waals surface area contributed by atoms with Gasteiger partial charge in [0, 0.05) is 11.8 Å². The molecule has 2 aromatic heterocycles. The van der Waals surface area contributed by atoms with Gasteiger partial charge in [0.1, 0.15) is 0 Å². The van der Waals surface area contributed by atoms with Gasteiger partial charge in [-0.05, 0) is 6.07 Å². The molecular formula is C7H4N3O. The molecule has 0 aliphatic heterocycles. The first kappa shape index (κ1) is 6.03. The van der Waals surface area contributed by atoms with Crippen LogP contribution in [0.2, 0.25) is 0 Å². The topological polar surface area (TPSA) is 58.6 Å². The van der Waals surface area contributed by atoms with Crippen LogP contribution in [-0.2, 0) is 4.79 Å². The lowest BCUT2D eigenvalue weighted by Gasteiger charge is -1.88. The third-order valence-corrected chi connectivity index (χ3v) is 1.46. The SMILES string of the molecule is O=[C]c1ccnc2[nH]ncc12. The molecule has 4 nitrogen and oxygen atoms in total. The maximum absolute atomic E-state index is 10.3. The first-order valence-corrected chi connectivity index (χ1v) is 3.08. The zero-order valence-corrected chi connectivity index (χ0v) is 5.53. The molecule has 0 unspecified atom stereocenters. The first-order valence-electron chi connectivity index (χ1n) is 3.08. The van der Waals surface area contributed by atoms with Gasteiger partial charge in [-0.1, -0.05) is 0 Å². The molecule has 2 rings (SSSR count). The summed E-state index contributed by atoms with van der Waals surface area (Å²) in [6.07, 6.45) is 4.91. The van der Waals surface area contributed by atoms with E-state index in [-0.39, 0.29) is 0 Å². The molecule has 1 N–H and O–H groups in total. The van der Waals surface area contributed by atoms with Crippen LogP contribution >= 0.6 is 0 Å². The Kier molecular flexibility index (Phi) is 1.18. The van der Waals surface area contributed by atoms with Gasteiger partial charge >= 0.3 is 0 Å². The number of nitrogens with zero attached hydrogens (tertiary/aromatic N) is 2. The molecule has 0 bridgehead atoms. The maximum atomic E-state index is 10.3. The molecule has 2 heterocycles. The molecule has 0 aliphatic rings. The molecule has 0 aliphatic carbocycles. The van der Waals surface area contributed by atoms with Gasteiger partial charge in [0.2, 0.25) is 6.29 Å². The summed E-state index contributed by atoms with van der Waals surface area (Å²) in [5.41, 5.74) is 1.11. The van der Waals surface area contributed by atoms with Gasteiger partial charge in [0.25, 0.3) is 0 Å². The zero-order chi connectivity index (χ0) is 7.68. The summed E-state index contributed by atoms with van der Waals surface area (Å²) in [5, 5.41) is 7.11. The van der Waals surface area contributed by atoms with Crippen LogP contribution in [0.25, 0.3) is 11.0 Å². The second kappa shape index (κ2) is 2.16. The number of rotatable bonds is 1. The monoisotopic (exact) mass is 146 g/mol. The second-order valence-electron chi connectivity index (χ2n) is 2.09. The summed E-state index contributed by atoms with van der Waals surface area (Å²) in [4.78, 5) is 14.3. The number of carbonyl (C=O) groups excluding carboxylic acids is 1. The highest BCUT2D eigenvalue weighted by Gasteiger charge is 2.01. The Labute approximate surface area is 62.3 Å². The van der Waals surface area contributed by atoms with Crippen molar-refractivity contribution in [1.29, 1.82) is 0 Å². The third-order valence-electron chi connectivity index (χ3n) is 1.46. The predicted octanol–water partition coefficient (Wildman–Crippen LogP) is 0.416. The van der Waals surface area contributed by atoms with Crippen molar-refractivity contribution < 1.29 is 4.79 Å². The van der Waals surface area contributed by atoms with E-state index in [1.54, 1.807) is 24.7 Å². The predicted molar refractivity (Wildman–Crippen MR) is 38.7 cm³/mol. The highest BCUT2D eigenvalue weighted by atomic mass is 16.1. The molecule has 11 heavy (non-hydrogen) atoms. The number of pyridine rings is 1. The molecule has 2 aromatic rings. The van der Waals surface area contributed by atoms with E-state index in [4.69, 9.17) is 0 Å². The summed E-state index contributed by atoms with van der Waals surface area (Å²) in [6.45, 7) is 0. The normalized spacial score (nSPS) is 10.2. The van der Waals surface area contributed by atoms with Crippen LogP contribution in [0.1, 0.15) is 5.56 Å². The Balaban J connectivity index is 2.88. The summed E-state index contributed by atoms with van der Waals surface area (Å²) in [6, 6.07) is 1.60. The van der Waals surface area contributed by atoms with E-state index in [0.29, 0.717) is 16.6 Å². The standard InChI is InChI=1S/C7H4N3O/c11-4-5-1-2-8-7-6(5)3-9-10-7/h1-3H,(H,8,9,10). The first-order chi connectivity index (χ1) is 5.42. The molecule has 1 radical (unpaired) electrons. The van der Waals surface area contributed by atoms with E-state index >= 15 is 0 Å². The molecule has 0 amide bonds. The molecule has 0 aromatic carbocycles. The van der Waals surface area contributed by atoms with E-state index < -0.39 is 0 Å². The molecule has 0 fully saturated rings. The minimum atomic E-state index is 0.490. The highest BCUT2D eigenvalue weighted by molar-refractivity contribution is 5.94. The smallest absolute Gasteiger partial charge is 0.234 e. The van der Waals surface area contributed by atoms with Crippen LogP contribution < -0.4 is 0 Å². The lowest BCUT2D eigenvalue weighted by atomic mass is 10.2. The number of fused-ring (bicyclic) bond motifs is 1. The Hall–Kier alpha value is -1.71. The Morgan fingerprint density at radius 2 is 2.45 bits per heavy atom. The quantitative estimate of drug-likeness (QED) is 0.634. The summed E-state index contributed by atoms with van der Waals surface area (Å²) in [7, 11) is 0. The van der Waals surface area contributed by atoms with Crippen LogP contribution in [0.3, 0.4) is 0 Å². The summed E-state index contributed by atoms with van der Waals surface area (Å²) < 4.78 is 0. The molecule has 4 heteroatoms. The minimum Gasteiger partial charge on any atom is -0.285 e. The van der Waals surface area contributed by atoms with Crippen LogP contribution in [-0.4, -0.2) is 21.5 Å². The Bertz CT molecular complexity index is 393. The average Bonchev–Trinajstić information content (AvgIpc) is 2.50. The van der Waals surface area contributed by atoms with Gasteiger partial charge in [-0.25, -0.2) is 4.98 Å². The van der Waals surface area contributed by atoms with Crippen molar-refractivity contribution in [3.05, 3.63) is 24.0 Å². The van der Waals surface area contributed by atoms with E-state index in [1.807, 2.05) is 0 Å². The molecule has 0 atom stereocenters. The summed E-state index contributed by atoms with van der Waals surface area (Å²) >= 11 is 0. The van der Waals surface area contributed by atoms with E-state index in [0.717, 1.165) is 0 Å². The zero-order valence-electron chi connectivity index (χ0n) is 5.53. The molecule has 0 spiro atoms. The number of H-pyrrole nitrogens is 1. The minimum absolute atomic E-state index is 0.490. The third kappa shape index (κ3) is 0.797. The fourth-order valence-corrected chi connectivity index (χ4v) is 0.940. The Morgan fingerprint density at radius 3 is 3.27 bits per heavy atom. The highest BCUT2D eigenvalue weighted by Crippen LogP contribution is 2.10. The number of aromatic nitrogens is 3. The van der Waals surface area contributed by atoms with Gasteiger partial charge in [0.05, 0.1) is 11.6 Å². The Morgan fingerprint density at radius 1 is 1.55 bits per heavy atom. The largest absolute Gasteiger partial charge is 0.285 e. The fourth-order valence-electron chi connectivity index (χ4n) is 0.940. The van der Waals surface area contributed by atoms with E-state index in [2.05, 4.69) is 15.2 Å². The number of nitrogens with one attached hydrogen (secondary N) is 1.